The van der Waals surface area contributed by atoms with Crippen molar-refractivity contribution in [1.29, 1.82) is 0 Å². The number of methoxy groups -OCH3 is 1. The number of β-amino-alcohol motifs (C(OH)–C–C–N with tert-alkyl or cyclic N) is 1. The molecule has 1 saturated heterocycles. The molecule has 1 aromatic carbocycles. The predicted molar refractivity (Wildman–Crippen MR) is 105 cm³/mol. The van der Waals surface area contributed by atoms with Crippen LogP contribution in [0.25, 0.3) is 0 Å². The van der Waals surface area contributed by atoms with Crippen LogP contribution in [-0.2, 0) is 0 Å². The maximum absolute atomic E-state index is 10.1. The molecule has 8 nitrogen and oxygen atoms in total. The maximum Gasteiger partial charge on any atom is 0.229 e. The van der Waals surface area contributed by atoms with Crippen LogP contribution in [0.5, 0.6) is 11.5 Å². The van der Waals surface area contributed by atoms with Gasteiger partial charge in [-0.1, -0.05) is 0 Å². The summed E-state index contributed by atoms with van der Waals surface area (Å²) in [6.07, 6.45) is -0.372. The van der Waals surface area contributed by atoms with Gasteiger partial charge in [0, 0.05) is 49.6 Å². The van der Waals surface area contributed by atoms with Crippen molar-refractivity contribution in [3.8, 4) is 11.5 Å². The normalized spacial score (nSPS) is 19.7. The molecule has 1 aliphatic rings. The zero-order valence-electron chi connectivity index (χ0n) is 16.2. The summed E-state index contributed by atoms with van der Waals surface area (Å²) in [5, 5.41) is 16.3. The first-order valence-corrected chi connectivity index (χ1v) is 8.96. The van der Waals surface area contributed by atoms with Gasteiger partial charge in [0.05, 0.1) is 19.8 Å². The molecule has 0 aliphatic carbocycles. The van der Waals surface area contributed by atoms with Crippen LogP contribution in [0.3, 0.4) is 0 Å². The van der Waals surface area contributed by atoms with Crippen molar-refractivity contribution in [3.05, 3.63) is 30.0 Å². The lowest BCUT2D eigenvalue weighted by Crippen LogP contribution is -2.24. The van der Waals surface area contributed by atoms with Crippen LogP contribution in [0.15, 0.2) is 24.3 Å². The van der Waals surface area contributed by atoms with Crippen molar-refractivity contribution in [2.24, 2.45) is 5.92 Å². The summed E-state index contributed by atoms with van der Waals surface area (Å²) in [6, 6.07) is 7.45. The fourth-order valence-corrected chi connectivity index (χ4v) is 3.17. The number of aliphatic hydroxyl groups is 1. The molecule has 0 bridgehead atoms. The SMILES string of the molecule is CNc1cc(C)nc(Nc2ccc(OC)c(OC[C@@H]3CN(C)C[C@@H]3O)c2)n1. The second-order valence-electron chi connectivity index (χ2n) is 6.82. The van der Waals surface area contributed by atoms with Crippen LogP contribution < -0.4 is 20.1 Å². The van der Waals surface area contributed by atoms with Crippen molar-refractivity contribution in [1.82, 2.24) is 14.9 Å². The summed E-state index contributed by atoms with van der Waals surface area (Å²) in [5.41, 5.74) is 1.66. The number of aliphatic hydroxyl groups excluding tert-OH is 1. The number of likely N-dealkylation sites (N-methyl/N-ethyl adjacent to an activating group) is 1. The monoisotopic (exact) mass is 373 g/mol. The van der Waals surface area contributed by atoms with Gasteiger partial charge < -0.3 is 30.1 Å². The van der Waals surface area contributed by atoms with E-state index < -0.39 is 0 Å². The number of benzene rings is 1. The topological polar surface area (TPSA) is 91.8 Å². The number of rotatable bonds is 7. The highest BCUT2D eigenvalue weighted by atomic mass is 16.5. The number of ether oxygens (including phenoxy) is 2. The fraction of sp³-hybridized carbons (Fsp3) is 0.474. The molecule has 3 rings (SSSR count). The summed E-state index contributed by atoms with van der Waals surface area (Å²) in [4.78, 5) is 10.9. The van der Waals surface area contributed by atoms with E-state index in [0.29, 0.717) is 30.6 Å². The van der Waals surface area contributed by atoms with Crippen LogP contribution in [0.2, 0.25) is 0 Å². The molecule has 0 unspecified atom stereocenters. The van der Waals surface area contributed by atoms with Gasteiger partial charge in [0.2, 0.25) is 5.95 Å². The quantitative estimate of drug-likeness (QED) is 0.678. The molecule has 8 heteroatoms. The summed E-state index contributed by atoms with van der Waals surface area (Å²) >= 11 is 0. The molecule has 2 heterocycles. The highest BCUT2D eigenvalue weighted by molar-refractivity contribution is 5.60. The van der Waals surface area contributed by atoms with E-state index in [9.17, 15) is 5.11 Å². The first-order chi connectivity index (χ1) is 13.0. The van der Waals surface area contributed by atoms with Crippen LogP contribution in [0, 0.1) is 12.8 Å². The van der Waals surface area contributed by atoms with Gasteiger partial charge in [-0.05, 0) is 26.1 Å². The number of anilines is 3. The van der Waals surface area contributed by atoms with E-state index in [1.165, 1.54) is 0 Å². The molecule has 1 aromatic heterocycles. The first-order valence-electron chi connectivity index (χ1n) is 8.96. The number of hydrogen-bond acceptors (Lipinski definition) is 8. The van der Waals surface area contributed by atoms with Gasteiger partial charge >= 0.3 is 0 Å². The van der Waals surface area contributed by atoms with Gasteiger partial charge in [-0.2, -0.15) is 4.98 Å². The molecule has 2 aromatic rings. The van der Waals surface area contributed by atoms with Crippen LogP contribution in [0.1, 0.15) is 5.69 Å². The Morgan fingerprint density at radius 3 is 2.70 bits per heavy atom. The molecule has 0 saturated carbocycles. The van der Waals surface area contributed by atoms with Crippen molar-refractivity contribution in [2.75, 3.05) is 51.5 Å². The predicted octanol–water partition coefficient (Wildman–Crippen LogP) is 1.88. The Morgan fingerprint density at radius 1 is 1.22 bits per heavy atom. The molecule has 0 spiro atoms. The van der Waals surface area contributed by atoms with Gasteiger partial charge in [-0.15, -0.1) is 0 Å². The van der Waals surface area contributed by atoms with Gasteiger partial charge in [0.1, 0.15) is 5.82 Å². The largest absolute Gasteiger partial charge is 0.493 e. The minimum absolute atomic E-state index is 0.0783. The van der Waals surface area contributed by atoms with E-state index in [-0.39, 0.29) is 12.0 Å². The number of aryl methyl sites for hydroxylation is 1. The molecule has 146 valence electrons. The van der Waals surface area contributed by atoms with E-state index >= 15 is 0 Å². The third-order valence-electron chi connectivity index (χ3n) is 4.57. The molecular weight excluding hydrogens is 346 g/mol. The molecule has 3 N–H and O–H groups in total. The Labute approximate surface area is 159 Å². The molecule has 27 heavy (non-hydrogen) atoms. The lowest BCUT2D eigenvalue weighted by atomic mass is 10.1. The van der Waals surface area contributed by atoms with E-state index in [1.807, 2.05) is 45.3 Å². The van der Waals surface area contributed by atoms with Gasteiger partial charge in [0.15, 0.2) is 11.5 Å². The molecule has 2 atom stereocenters. The zero-order chi connectivity index (χ0) is 19.4. The third-order valence-corrected chi connectivity index (χ3v) is 4.57. The zero-order valence-corrected chi connectivity index (χ0v) is 16.2. The number of nitrogens with one attached hydrogen (secondary N) is 2. The lowest BCUT2D eigenvalue weighted by molar-refractivity contribution is 0.110. The Bertz CT molecular complexity index is 786. The van der Waals surface area contributed by atoms with Crippen LogP contribution in [-0.4, -0.2) is 67.0 Å². The molecule has 0 amide bonds. The Morgan fingerprint density at radius 2 is 2.04 bits per heavy atom. The van der Waals surface area contributed by atoms with Crippen molar-refractivity contribution < 1.29 is 14.6 Å². The lowest BCUT2D eigenvalue weighted by Gasteiger charge is -2.17. The van der Waals surface area contributed by atoms with Crippen LogP contribution in [0.4, 0.5) is 17.5 Å². The Hall–Kier alpha value is -2.58. The van der Waals surface area contributed by atoms with Gasteiger partial charge in [-0.25, -0.2) is 4.98 Å². The minimum atomic E-state index is -0.372. The number of aromatic nitrogens is 2. The fourth-order valence-electron chi connectivity index (χ4n) is 3.17. The maximum atomic E-state index is 10.1. The number of hydrogen-bond donors (Lipinski definition) is 3. The standard InChI is InChI=1S/C19H27N5O3/c1-12-7-18(20-2)23-19(21-12)22-14-5-6-16(26-4)17(8-14)27-11-13-9-24(3)10-15(13)25/h5-8,13,15,25H,9-11H2,1-4H3,(H2,20,21,22,23)/t13-,15-/m0/s1. The molecular formula is C19H27N5O3. The highest BCUT2D eigenvalue weighted by Gasteiger charge is 2.29. The number of nitrogens with zero attached hydrogens (tertiary/aromatic N) is 3. The molecule has 1 fully saturated rings. The average molecular weight is 373 g/mol. The van der Waals surface area contributed by atoms with Crippen LogP contribution >= 0.6 is 0 Å². The summed E-state index contributed by atoms with van der Waals surface area (Å²) in [7, 11) is 5.42. The Balaban J connectivity index is 1.74. The second kappa shape index (κ2) is 8.41. The molecule has 0 radical (unpaired) electrons. The summed E-state index contributed by atoms with van der Waals surface area (Å²) < 4.78 is 11.4. The summed E-state index contributed by atoms with van der Waals surface area (Å²) in [6.45, 7) is 3.83. The third kappa shape index (κ3) is 4.78. The van der Waals surface area contributed by atoms with E-state index in [2.05, 4.69) is 25.5 Å². The smallest absolute Gasteiger partial charge is 0.229 e. The van der Waals surface area contributed by atoms with Gasteiger partial charge in [0.25, 0.3) is 0 Å². The number of likely N-dealkylation sites (tertiary alicyclic amines) is 1. The van der Waals surface area contributed by atoms with Crippen molar-refractivity contribution in [2.45, 2.75) is 13.0 Å². The van der Waals surface area contributed by atoms with E-state index in [1.54, 1.807) is 7.11 Å². The first kappa shape index (κ1) is 19.2. The van der Waals surface area contributed by atoms with Crippen molar-refractivity contribution >= 4 is 17.5 Å². The van der Waals surface area contributed by atoms with Crippen molar-refractivity contribution in [3.63, 3.8) is 0 Å². The highest BCUT2D eigenvalue weighted by Crippen LogP contribution is 2.32. The minimum Gasteiger partial charge on any atom is -0.493 e. The molecule has 1 aliphatic heterocycles. The van der Waals surface area contributed by atoms with E-state index in [0.717, 1.165) is 23.7 Å². The second-order valence-corrected chi connectivity index (χ2v) is 6.82. The summed E-state index contributed by atoms with van der Waals surface area (Å²) in [5.74, 6) is 2.58. The van der Waals surface area contributed by atoms with E-state index in [4.69, 9.17) is 9.47 Å². The average Bonchev–Trinajstić information content (AvgIpc) is 2.96. The van der Waals surface area contributed by atoms with Gasteiger partial charge in [-0.3, -0.25) is 0 Å². The Kier molecular flexibility index (Phi) is 5.98.